The molecule has 2 aromatic heterocycles. The minimum absolute atomic E-state index is 0.128. The van der Waals surface area contributed by atoms with Gasteiger partial charge in [-0.25, -0.2) is 18.2 Å². The third kappa shape index (κ3) is 6.05. The van der Waals surface area contributed by atoms with Gasteiger partial charge < -0.3 is 20.4 Å². The molecule has 0 unspecified atom stereocenters. The molecule has 38 heavy (non-hydrogen) atoms. The molecule has 1 saturated carbocycles. The SMILES string of the molecule is CC(C)OC(=O)NC1CCC(c2ccc(-c3ccc(Nc4ncc[nH]4)cc3S(=O)(=O)N3CCCC3)s2)CC1. The fourth-order valence-electron chi connectivity index (χ4n) is 5.21. The van der Waals surface area contributed by atoms with Crippen molar-refractivity contribution in [3.63, 3.8) is 0 Å². The predicted octanol–water partition coefficient (Wildman–Crippen LogP) is 5.83. The topological polar surface area (TPSA) is 116 Å². The van der Waals surface area contributed by atoms with Crippen molar-refractivity contribution < 1.29 is 17.9 Å². The molecule has 0 bridgehead atoms. The van der Waals surface area contributed by atoms with E-state index in [0.717, 1.165) is 49.0 Å². The van der Waals surface area contributed by atoms with Crippen molar-refractivity contribution in [2.45, 2.75) is 75.3 Å². The Morgan fingerprint density at radius 3 is 2.58 bits per heavy atom. The summed E-state index contributed by atoms with van der Waals surface area (Å²) in [6.07, 6.45) is 8.38. The largest absolute Gasteiger partial charge is 0.447 e. The number of alkyl carbamates (subject to hydrolysis) is 1. The Bertz CT molecular complexity index is 1340. The quantitative estimate of drug-likeness (QED) is 0.321. The molecule has 1 amide bonds. The van der Waals surface area contributed by atoms with Crippen LogP contribution in [0.4, 0.5) is 16.4 Å². The molecule has 1 aliphatic carbocycles. The maximum absolute atomic E-state index is 13.7. The van der Waals surface area contributed by atoms with Gasteiger partial charge in [0.1, 0.15) is 0 Å². The van der Waals surface area contributed by atoms with Crippen molar-refractivity contribution >= 4 is 39.1 Å². The number of nitrogens with zero attached hydrogens (tertiary/aromatic N) is 2. The van der Waals surface area contributed by atoms with E-state index in [0.29, 0.717) is 35.5 Å². The van der Waals surface area contributed by atoms with Crippen LogP contribution in [0.5, 0.6) is 0 Å². The number of ether oxygens (including phenoxy) is 1. The number of benzene rings is 1. The summed E-state index contributed by atoms with van der Waals surface area (Å²) in [6.45, 7) is 4.79. The van der Waals surface area contributed by atoms with Crippen LogP contribution < -0.4 is 10.6 Å². The zero-order chi connectivity index (χ0) is 26.7. The Labute approximate surface area is 228 Å². The number of aromatic nitrogens is 2. The second kappa shape index (κ2) is 11.5. The number of thiophene rings is 1. The van der Waals surface area contributed by atoms with Gasteiger partial charge in [-0.05, 0) is 82.6 Å². The summed E-state index contributed by atoms with van der Waals surface area (Å²) in [5.74, 6) is 0.953. The molecule has 11 heteroatoms. The maximum Gasteiger partial charge on any atom is 0.407 e. The lowest BCUT2D eigenvalue weighted by atomic mass is 9.85. The minimum Gasteiger partial charge on any atom is -0.447 e. The number of hydrogen-bond donors (Lipinski definition) is 3. The molecule has 5 rings (SSSR count). The first-order valence-corrected chi connectivity index (χ1v) is 15.5. The number of imidazole rings is 1. The summed E-state index contributed by atoms with van der Waals surface area (Å²) >= 11 is 1.67. The van der Waals surface area contributed by atoms with Crippen LogP contribution in [-0.4, -0.2) is 54.0 Å². The van der Waals surface area contributed by atoms with Crippen LogP contribution in [0.25, 0.3) is 10.4 Å². The molecule has 1 aromatic carbocycles. The Hall–Kier alpha value is -2.89. The zero-order valence-corrected chi connectivity index (χ0v) is 23.4. The lowest BCUT2D eigenvalue weighted by Crippen LogP contribution is -2.38. The summed E-state index contributed by atoms with van der Waals surface area (Å²) in [5, 5.41) is 6.15. The molecule has 0 radical (unpaired) electrons. The number of anilines is 2. The smallest absolute Gasteiger partial charge is 0.407 e. The normalized spacial score (nSPS) is 20.5. The van der Waals surface area contributed by atoms with E-state index in [-0.39, 0.29) is 18.2 Å². The van der Waals surface area contributed by atoms with Crippen LogP contribution in [-0.2, 0) is 14.8 Å². The first-order chi connectivity index (χ1) is 18.3. The van der Waals surface area contributed by atoms with Crippen molar-refractivity contribution in [3.8, 4) is 10.4 Å². The Kier molecular flexibility index (Phi) is 8.06. The monoisotopic (exact) mass is 557 g/mol. The van der Waals surface area contributed by atoms with E-state index >= 15 is 0 Å². The minimum atomic E-state index is -3.64. The Balaban J connectivity index is 1.35. The highest BCUT2D eigenvalue weighted by Crippen LogP contribution is 2.42. The molecule has 1 aliphatic heterocycles. The van der Waals surface area contributed by atoms with Crippen LogP contribution in [0, 0.1) is 0 Å². The molecule has 3 heterocycles. The van der Waals surface area contributed by atoms with E-state index in [1.807, 2.05) is 32.0 Å². The highest BCUT2D eigenvalue weighted by atomic mass is 32.2. The Morgan fingerprint density at radius 1 is 1.13 bits per heavy atom. The molecule has 3 aromatic rings. The number of amides is 1. The number of carbonyl (C=O) groups excluding carboxylic acids is 1. The third-order valence-electron chi connectivity index (χ3n) is 7.11. The van der Waals surface area contributed by atoms with E-state index in [2.05, 4.69) is 26.7 Å². The van der Waals surface area contributed by atoms with E-state index in [9.17, 15) is 13.2 Å². The predicted molar refractivity (Wildman–Crippen MR) is 149 cm³/mol. The summed E-state index contributed by atoms with van der Waals surface area (Å²) in [5.41, 5.74) is 1.39. The number of carbonyl (C=O) groups is 1. The van der Waals surface area contributed by atoms with Gasteiger partial charge in [-0.2, -0.15) is 4.31 Å². The Morgan fingerprint density at radius 2 is 1.89 bits per heavy atom. The van der Waals surface area contributed by atoms with Crippen molar-refractivity contribution in [2.75, 3.05) is 18.4 Å². The van der Waals surface area contributed by atoms with Crippen molar-refractivity contribution in [3.05, 3.63) is 47.6 Å². The average molecular weight is 558 g/mol. The van der Waals surface area contributed by atoms with E-state index < -0.39 is 10.0 Å². The second-order valence-electron chi connectivity index (χ2n) is 10.2. The fraction of sp³-hybridized carbons (Fsp3) is 0.481. The van der Waals surface area contributed by atoms with Crippen molar-refractivity contribution in [1.82, 2.24) is 19.6 Å². The average Bonchev–Trinajstić information content (AvgIpc) is 3.67. The number of nitrogens with one attached hydrogen (secondary N) is 3. The molecule has 2 aliphatic rings. The van der Waals surface area contributed by atoms with Crippen LogP contribution in [0.2, 0.25) is 0 Å². The first kappa shape index (κ1) is 26.7. The number of aromatic amines is 1. The summed E-state index contributed by atoms with van der Waals surface area (Å²) in [4.78, 5) is 21.7. The fourth-order valence-corrected chi connectivity index (χ4v) is 8.24. The molecular formula is C27H35N5O4S2. The summed E-state index contributed by atoms with van der Waals surface area (Å²) in [7, 11) is -3.64. The van der Waals surface area contributed by atoms with Gasteiger partial charge in [-0.15, -0.1) is 11.3 Å². The molecule has 0 spiro atoms. The number of sulfonamides is 1. The third-order valence-corrected chi connectivity index (χ3v) is 10.3. The van der Waals surface area contributed by atoms with Crippen molar-refractivity contribution in [2.24, 2.45) is 0 Å². The van der Waals surface area contributed by atoms with Crippen LogP contribution in [0.1, 0.15) is 63.2 Å². The highest BCUT2D eigenvalue weighted by molar-refractivity contribution is 7.89. The zero-order valence-electron chi connectivity index (χ0n) is 21.8. The number of rotatable bonds is 8. The van der Waals surface area contributed by atoms with Crippen LogP contribution in [0.15, 0.2) is 47.6 Å². The standard InChI is InChI=1S/C27H35N5O4S2/c1-18(2)36-27(33)31-20-7-5-19(6-8-20)23-11-12-24(37-23)22-10-9-21(30-26-28-13-14-29-26)17-25(22)38(34,35)32-15-3-4-16-32/h9-14,17-20H,3-8,15-16H2,1-2H3,(H,31,33)(H2,28,29,30). The molecular weight excluding hydrogens is 522 g/mol. The van der Waals surface area contributed by atoms with Gasteiger partial charge in [-0.1, -0.05) is 6.07 Å². The molecule has 2 fully saturated rings. The molecule has 1 saturated heterocycles. The molecule has 0 atom stereocenters. The highest BCUT2D eigenvalue weighted by Gasteiger charge is 2.31. The summed E-state index contributed by atoms with van der Waals surface area (Å²) < 4.78 is 34.2. The first-order valence-electron chi connectivity index (χ1n) is 13.3. The van der Waals surface area contributed by atoms with Crippen molar-refractivity contribution in [1.29, 1.82) is 0 Å². The van der Waals surface area contributed by atoms with Gasteiger partial charge in [0.2, 0.25) is 16.0 Å². The van der Waals surface area contributed by atoms with E-state index in [1.165, 1.54) is 4.88 Å². The van der Waals surface area contributed by atoms with Crippen LogP contribution in [0.3, 0.4) is 0 Å². The van der Waals surface area contributed by atoms with Gasteiger partial charge in [-0.3, -0.25) is 0 Å². The summed E-state index contributed by atoms with van der Waals surface area (Å²) in [6, 6.07) is 9.81. The molecule has 9 nitrogen and oxygen atoms in total. The van der Waals surface area contributed by atoms with Gasteiger partial charge >= 0.3 is 6.09 Å². The van der Waals surface area contributed by atoms with E-state index in [1.54, 1.807) is 34.1 Å². The molecule has 3 N–H and O–H groups in total. The number of hydrogen-bond acceptors (Lipinski definition) is 7. The van der Waals surface area contributed by atoms with Gasteiger partial charge in [0.05, 0.1) is 11.0 Å². The molecule has 204 valence electrons. The van der Waals surface area contributed by atoms with Gasteiger partial charge in [0.15, 0.2) is 0 Å². The maximum atomic E-state index is 13.7. The second-order valence-corrected chi connectivity index (χ2v) is 13.3. The number of H-pyrrole nitrogens is 1. The lowest BCUT2D eigenvalue weighted by Gasteiger charge is -2.28. The van der Waals surface area contributed by atoms with E-state index in [4.69, 9.17) is 4.74 Å². The van der Waals surface area contributed by atoms with Gasteiger partial charge in [0, 0.05) is 52.5 Å². The van der Waals surface area contributed by atoms with Crippen LogP contribution >= 0.6 is 11.3 Å². The van der Waals surface area contributed by atoms with Gasteiger partial charge in [0.25, 0.3) is 0 Å². The lowest BCUT2D eigenvalue weighted by molar-refractivity contribution is 0.109.